The lowest BCUT2D eigenvalue weighted by molar-refractivity contribution is -0.127. The first-order chi connectivity index (χ1) is 13.8. The lowest BCUT2D eigenvalue weighted by Crippen LogP contribution is -2.48. The van der Waals surface area contributed by atoms with Crippen LogP contribution in [0.25, 0.3) is 0 Å². The van der Waals surface area contributed by atoms with Gasteiger partial charge in [0.15, 0.2) is 0 Å². The Hall–Kier alpha value is -0.720. The third kappa shape index (κ3) is 6.14. The van der Waals surface area contributed by atoms with Crippen LogP contribution in [-0.4, -0.2) is 42.4 Å². The highest BCUT2D eigenvalue weighted by Gasteiger charge is 2.26. The zero-order chi connectivity index (χ0) is 21.0. The molecular formula is C20H25Cl4N3O2. The van der Waals surface area contributed by atoms with Gasteiger partial charge in [-0.3, -0.25) is 14.5 Å². The van der Waals surface area contributed by atoms with Crippen molar-refractivity contribution in [1.29, 1.82) is 0 Å². The summed E-state index contributed by atoms with van der Waals surface area (Å²) < 4.78 is 0. The molecule has 1 aliphatic carbocycles. The van der Waals surface area contributed by atoms with E-state index in [1.54, 1.807) is 0 Å². The number of amides is 2. The molecule has 0 aromatic heterocycles. The molecule has 2 fully saturated rings. The molecule has 1 aromatic rings. The molecule has 1 aliphatic heterocycles. The molecule has 29 heavy (non-hydrogen) atoms. The minimum atomic E-state index is -0.239. The van der Waals surface area contributed by atoms with Gasteiger partial charge in [0.25, 0.3) is 0 Å². The lowest BCUT2D eigenvalue weighted by atomic mass is 9.88. The smallest absolute Gasteiger partial charge is 0.238 e. The summed E-state index contributed by atoms with van der Waals surface area (Å²) in [6, 6.07) is 1.62. The van der Waals surface area contributed by atoms with E-state index >= 15 is 0 Å². The molecule has 160 valence electrons. The molecule has 0 spiro atoms. The van der Waals surface area contributed by atoms with Gasteiger partial charge in [-0.05, 0) is 31.7 Å². The molecule has 0 atom stereocenters. The first-order valence-corrected chi connectivity index (χ1v) is 11.5. The summed E-state index contributed by atoms with van der Waals surface area (Å²) in [5.74, 6) is 0.131. The van der Waals surface area contributed by atoms with E-state index in [9.17, 15) is 9.59 Å². The van der Waals surface area contributed by atoms with E-state index in [-0.39, 0.29) is 56.1 Å². The Balaban J connectivity index is 1.46. The number of halogens is 4. The maximum atomic E-state index is 12.4. The number of rotatable bonds is 5. The van der Waals surface area contributed by atoms with Gasteiger partial charge in [0.05, 0.1) is 32.3 Å². The summed E-state index contributed by atoms with van der Waals surface area (Å²) >= 11 is 24.3. The van der Waals surface area contributed by atoms with Crippen LogP contribution in [0.4, 0.5) is 5.69 Å². The van der Waals surface area contributed by atoms with Gasteiger partial charge in [-0.2, -0.15) is 0 Å². The maximum Gasteiger partial charge on any atom is 0.238 e. The van der Waals surface area contributed by atoms with Crippen LogP contribution in [-0.2, 0) is 9.59 Å². The number of benzene rings is 1. The highest BCUT2D eigenvalue weighted by molar-refractivity contribution is 6.50. The van der Waals surface area contributed by atoms with E-state index in [1.807, 2.05) is 4.90 Å². The van der Waals surface area contributed by atoms with Crippen molar-refractivity contribution in [2.75, 3.05) is 25.0 Å². The molecule has 2 N–H and O–H groups in total. The van der Waals surface area contributed by atoms with Crippen molar-refractivity contribution < 1.29 is 9.59 Å². The van der Waals surface area contributed by atoms with Gasteiger partial charge in [0.2, 0.25) is 11.8 Å². The summed E-state index contributed by atoms with van der Waals surface area (Å²) in [5.41, 5.74) is 0.227. The van der Waals surface area contributed by atoms with Crippen LogP contribution in [0.5, 0.6) is 0 Å². The SMILES string of the molecule is O=C(CN1CCC(NC(=O)C2CCCCC2)CC1)Nc1c(Cl)c(Cl)cc(Cl)c1Cl. The molecule has 2 aliphatic rings. The normalized spacial score (nSPS) is 19.2. The van der Waals surface area contributed by atoms with Crippen LogP contribution >= 0.6 is 46.4 Å². The zero-order valence-electron chi connectivity index (χ0n) is 16.1. The number of anilines is 1. The van der Waals surface area contributed by atoms with Crippen molar-refractivity contribution >= 4 is 63.9 Å². The number of nitrogens with zero attached hydrogens (tertiary/aromatic N) is 1. The first kappa shape index (κ1) is 23.0. The minimum absolute atomic E-state index is 0.165. The number of piperidine rings is 1. The van der Waals surface area contributed by atoms with Crippen LogP contribution in [0.3, 0.4) is 0 Å². The Bertz CT molecular complexity index is 734. The number of hydrogen-bond donors (Lipinski definition) is 2. The fourth-order valence-corrected chi connectivity index (χ4v) is 4.89. The molecule has 2 amide bonds. The van der Waals surface area contributed by atoms with E-state index in [2.05, 4.69) is 10.6 Å². The highest BCUT2D eigenvalue weighted by Crippen LogP contribution is 2.41. The van der Waals surface area contributed by atoms with Gasteiger partial charge in [0, 0.05) is 25.0 Å². The van der Waals surface area contributed by atoms with E-state index in [0.717, 1.165) is 51.6 Å². The molecule has 1 heterocycles. The summed E-state index contributed by atoms with van der Waals surface area (Å²) in [4.78, 5) is 26.9. The second kappa shape index (κ2) is 10.5. The molecule has 3 rings (SSSR count). The minimum Gasteiger partial charge on any atom is -0.353 e. The summed E-state index contributed by atoms with van der Waals surface area (Å²) in [6.45, 7) is 1.68. The molecular weight excluding hydrogens is 456 g/mol. The highest BCUT2D eigenvalue weighted by atomic mass is 35.5. The summed E-state index contributed by atoms with van der Waals surface area (Å²) in [7, 11) is 0. The number of hydrogen-bond acceptors (Lipinski definition) is 3. The molecule has 0 bridgehead atoms. The monoisotopic (exact) mass is 479 g/mol. The van der Waals surface area contributed by atoms with Gasteiger partial charge >= 0.3 is 0 Å². The molecule has 1 saturated carbocycles. The zero-order valence-corrected chi connectivity index (χ0v) is 19.1. The van der Waals surface area contributed by atoms with Crippen molar-refractivity contribution in [3.63, 3.8) is 0 Å². The largest absolute Gasteiger partial charge is 0.353 e. The average Bonchev–Trinajstić information content (AvgIpc) is 2.72. The van der Waals surface area contributed by atoms with Crippen LogP contribution in [0, 0.1) is 5.92 Å². The first-order valence-electron chi connectivity index (χ1n) is 10.0. The van der Waals surface area contributed by atoms with Crippen LogP contribution in [0.15, 0.2) is 6.07 Å². The Kier molecular flexibility index (Phi) is 8.34. The Morgan fingerprint density at radius 3 is 2.10 bits per heavy atom. The number of carbonyl (C=O) groups excluding carboxylic acids is 2. The van der Waals surface area contributed by atoms with Crippen molar-refractivity contribution in [2.24, 2.45) is 5.92 Å². The standard InChI is InChI=1S/C20H25Cl4N3O2/c21-14-10-15(22)18(24)19(17(14)23)26-16(28)11-27-8-6-13(7-9-27)25-20(29)12-4-2-1-3-5-12/h10,12-13H,1-9,11H2,(H,25,29)(H,26,28). The van der Waals surface area contributed by atoms with E-state index < -0.39 is 0 Å². The second-order valence-corrected chi connectivity index (χ2v) is 9.36. The fourth-order valence-electron chi connectivity index (χ4n) is 3.98. The van der Waals surface area contributed by atoms with Crippen molar-refractivity contribution in [3.8, 4) is 0 Å². The maximum absolute atomic E-state index is 12.4. The fraction of sp³-hybridized carbons (Fsp3) is 0.600. The molecule has 1 saturated heterocycles. The quantitative estimate of drug-likeness (QED) is 0.554. The Morgan fingerprint density at radius 1 is 0.931 bits per heavy atom. The van der Waals surface area contributed by atoms with Gasteiger partial charge in [0.1, 0.15) is 0 Å². The van der Waals surface area contributed by atoms with Gasteiger partial charge < -0.3 is 10.6 Å². The van der Waals surface area contributed by atoms with Crippen LogP contribution < -0.4 is 10.6 Å². The predicted molar refractivity (Wildman–Crippen MR) is 119 cm³/mol. The van der Waals surface area contributed by atoms with Crippen molar-refractivity contribution in [2.45, 2.75) is 51.0 Å². The molecule has 0 radical (unpaired) electrons. The Labute approximate surface area is 191 Å². The number of nitrogens with one attached hydrogen (secondary N) is 2. The molecule has 9 heteroatoms. The summed E-state index contributed by atoms with van der Waals surface area (Å²) in [5, 5.41) is 6.70. The molecule has 5 nitrogen and oxygen atoms in total. The van der Waals surface area contributed by atoms with Gasteiger partial charge in [-0.15, -0.1) is 0 Å². The molecule has 0 unspecified atom stereocenters. The van der Waals surface area contributed by atoms with Gasteiger partial charge in [-0.1, -0.05) is 65.7 Å². The Morgan fingerprint density at radius 2 is 1.52 bits per heavy atom. The van der Waals surface area contributed by atoms with Crippen LogP contribution in [0.1, 0.15) is 44.9 Å². The number of likely N-dealkylation sites (tertiary alicyclic amines) is 1. The second-order valence-electron chi connectivity index (χ2n) is 7.79. The lowest BCUT2D eigenvalue weighted by Gasteiger charge is -2.33. The van der Waals surface area contributed by atoms with Crippen LogP contribution in [0.2, 0.25) is 20.1 Å². The van der Waals surface area contributed by atoms with E-state index in [0.29, 0.717) is 0 Å². The van der Waals surface area contributed by atoms with Crippen molar-refractivity contribution in [3.05, 3.63) is 26.2 Å². The number of carbonyl (C=O) groups is 2. The molecule has 1 aromatic carbocycles. The average molecular weight is 481 g/mol. The topological polar surface area (TPSA) is 61.4 Å². The summed E-state index contributed by atoms with van der Waals surface area (Å²) in [6.07, 6.45) is 7.20. The van der Waals surface area contributed by atoms with Crippen molar-refractivity contribution in [1.82, 2.24) is 10.2 Å². The third-order valence-electron chi connectivity index (χ3n) is 5.65. The van der Waals surface area contributed by atoms with E-state index in [1.165, 1.54) is 12.5 Å². The predicted octanol–water partition coefficient (Wildman–Crippen LogP) is 5.40. The third-order valence-corrected chi connectivity index (χ3v) is 7.23. The van der Waals surface area contributed by atoms with E-state index in [4.69, 9.17) is 46.4 Å². The van der Waals surface area contributed by atoms with Gasteiger partial charge in [-0.25, -0.2) is 0 Å².